The summed E-state index contributed by atoms with van der Waals surface area (Å²) in [7, 11) is 11.2. The van der Waals surface area contributed by atoms with Gasteiger partial charge in [0.15, 0.2) is 0 Å². The Balaban J connectivity index is 1.51. The van der Waals surface area contributed by atoms with Crippen LogP contribution in [0.4, 0.5) is 13.2 Å². The van der Waals surface area contributed by atoms with Crippen LogP contribution >= 0.6 is 11.6 Å². The van der Waals surface area contributed by atoms with Crippen LogP contribution in [0.15, 0.2) is 67.8 Å². The number of rotatable bonds is 18. The highest BCUT2D eigenvalue weighted by Crippen LogP contribution is 2.38. The number of nitrogens with zero attached hydrogens (tertiary/aromatic N) is 9. The van der Waals surface area contributed by atoms with Crippen LogP contribution in [0.1, 0.15) is 146 Å². The third kappa shape index (κ3) is 21.9. The van der Waals surface area contributed by atoms with Crippen LogP contribution in [0, 0.1) is 24.7 Å². The second-order valence-electron chi connectivity index (χ2n) is 29.8. The number of carbonyl (C=O) groups excluding carboxylic acids is 12. The van der Waals surface area contributed by atoms with Crippen molar-refractivity contribution in [3.05, 3.63) is 95.1 Å². The first-order valence-electron chi connectivity index (χ1n) is 36.9. The average molecular weight is 1510 g/mol. The van der Waals surface area contributed by atoms with Gasteiger partial charge in [-0.15, -0.1) is 13.2 Å². The highest BCUT2D eigenvalue weighted by atomic mass is 35.5. The first kappa shape index (κ1) is 86.5. The lowest BCUT2D eigenvalue weighted by molar-refractivity contribution is -0.156. The largest absolute Gasteiger partial charge is 0.417 e. The minimum atomic E-state index is -4.79. The number of fused-ring (bicyclic) bond motifs is 1. The Labute approximate surface area is 627 Å². The van der Waals surface area contributed by atoms with Crippen molar-refractivity contribution in [3.63, 3.8) is 0 Å². The Morgan fingerprint density at radius 2 is 1.34 bits per heavy atom. The molecule has 0 bridgehead atoms. The summed E-state index contributed by atoms with van der Waals surface area (Å²) in [5, 5.41) is 8.10. The number of amides is 12. The maximum Gasteiger partial charge on any atom is 0.417 e. The predicted octanol–water partition coefficient (Wildman–Crippen LogP) is 6.21. The van der Waals surface area contributed by atoms with Crippen LogP contribution in [0.3, 0.4) is 0 Å². The number of hydrogen-bond donors (Lipinski definition) is 3. The van der Waals surface area contributed by atoms with E-state index in [4.69, 9.17) is 16.3 Å². The molecule has 2 aromatic rings. The number of halogens is 4. The van der Waals surface area contributed by atoms with E-state index >= 15 is 28.8 Å². The monoisotopic (exact) mass is 1500 g/mol. The zero-order valence-electron chi connectivity index (χ0n) is 64.1. The van der Waals surface area contributed by atoms with Crippen LogP contribution in [0.5, 0.6) is 0 Å². The Kier molecular flexibility index (Phi) is 31.8. The molecule has 3 N–H and O–H groups in total. The van der Waals surface area contributed by atoms with Crippen molar-refractivity contribution in [2.24, 2.45) is 17.8 Å². The lowest BCUT2D eigenvalue weighted by Crippen LogP contribution is -2.65. The fourth-order valence-electron chi connectivity index (χ4n) is 14.8. The first-order chi connectivity index (χ1) is 49.9. The van der Waals surface area contributed by atoms with Crippen molar-refractivity contribution in [2.75, 3.05) is 95.8 Å². The van der Waals surface area contributed by atoms with Crippen molar-refractivity contribution < 1.29 is 75.4 Å². The lowest BCUT2D eigenvalue weighted by Gasteiger charge is -2.42. The summed E-state index contributed by atoms with van der Waals surface area (Å²) < 4.78 is 47.8. The number of alkyl halides is 3. The number of aryl methyl sites for hydroxylation is 2. The third-order valence-electron chi connectivity index (χ3n) is 21.4. The Morgan fingerprint density at radius 3 is 1.92 bits per heavy atom. The molecule has 25 nitrogen and oxygen atoms in total. The summed E-state index contributed by atoms with van der Waals surface area (Å²) in [6, 6.07) is -0.489. The molecule has 0 radical (unpaired) electrons. The summed E-state index contributed by atoms with van der Waals surface area (Å²) >= 11 is 6.19. The van der Waals surface area contributed by atoms with E-state index in [9.17, 15) is 41.9 Å². The van der Waals surface area contributed by atoms with Crippen molar-refractivity contribution in [1.29, 1.82) is 0 Å². The summed E-state index contributed by atoms with van der Waals surface area (Å²) in [6.45, 7) is 14.7. The SMILES string of the molecule is C=CCCN1C(=O)[C@H](COCC=C)N(C)C(=O)CN(C)C(=O)[C@H]([C@@H](C)CC)NC(=O)[C@H](CC(C)C)N(C)C(=O)C[C@@H](C(=O)N(C)C)N(C)C(=O)[C@H](C2CCCC2)N(C)C(=O)C2(CCCC2)NC(=O)[C@@H]2CCCN2C(=O)[C@H](CCc2ccc(C(F)(F)F)c(Cl)c2)NC(=O)CN(C)C(=O)[C@@H]1Cc1ccc(C)cc1. The van der Waals surface area contributed by atoms with E-state index in [1.807, 2.05) is 39.8 Å². The van der Waals surface area contributed by atoms with E-state index in [0.29, 0.717) is 44.1 Å². The van der Waals surface area contributed by atoms with Crippen LogP contribution in [0.25, 0.3) is 0 Å². The highest BCUT2D eigenvalue weighted by molar-refractivity contribution is 6.31. The van der Waals surface area contributed by atoms with Crippen LogP contribution in [0.2, 0.25) is 5.02 Å². The molecule has 0 unspecified atom stereocenters. The number of likely N-dealkylation sites (N-methyl/N-ethyl adjacent to an activating group) is 7. The van der Waals surface area contributed by atoms with Gasteiger partial charge >= 0.3 is 6.18 Å². The maximum absolute atomic E-state index is 15.7. The second kappa shape index (κ2) is 38.9. The molecule has 12 amide bonds. The normalized spacial score (nSPS) is 24.6. The highest BCUT2D eigenvalue weighted by Gasteiger charge is 2.52. The summed E-state index contributed by atoms with van der Waals surface area (Å²) in [4.78, 5) is 193. The first-order valence-corrected chi connectivity index (χ1v) is 37.3. The number of benzene rings is 2. The molecule has 2 saturated carbocycles. The van der Waals surface area contributed by atoms with Gasteiger partial charge in [-0.05, 0) is 112 Å². The second-order valence-corrected chi connectivity index (χ2v) is 30.2. The molecule has 106 heavy (non-hydrogen) atoms. The van der Waals surface area contributed by atoms with Crippen LogP contribution in [-0.2, 0) is 81.3 Å². The zero-order valence-corrected chi connectivity index (χ0v) is 64.8. The van der Waals surface area contributed by atoms with Gasteiger partial charge in [-0.2, -0.15) is 13.2 Å². The summed E-state index contributed by atoms with van der Waals surface area (Å²) in [5.74, 6) is -9.80. The van der Waals surface area contributed by atoms with Crippen molar-refractivity contribution in [1.82, 2.24) is 60.0 Å². The van der Waals surface area contributed by atoms with Gasteiger partial charge in [-0.1, -0.05) is 119 Å². The standard InChI is InChI=1S/C77H112ClF3N12O13/c1-16-19-38-93-60(43-52-30-28-49(6)29-31-52)71(101)86(10)45-62(94)82-56(35-33-51-32-34-54(55(78)42-51)77(79,80)81)69(99)92-39-24-27-57(92)68(98)84-76(36-22-23-37-76)75(105)91(15)66(53-25-20-21-26-53)74(104)90(14)59(70(100)85(8)9)44-63(95)88(12)58(41-48(4)5)67(97)83-65(50(7)18-3)73(103)87(11)46-64(96)89(13)61(72(93)102)47-106-40-17-2/h16-17,28-32,34,42,48,50,53,56-61,65-66H,1-2,18-27,33,35-41,43-47H2,3-15H3,(H,82,94)(H,83,97)(H,84,98)/t50-,56-,57-,58-,59-,60-,61-,65-,66-/m0/s1. The maximum atomic E-state index is 15.7. The van der Waals surface area contributed by atoms with Gasteiger partial charge in [0.1, 0.15) is 53.9 Å². The summed E-state index contributed by atoms with van der Waals surface area (Å²) in [5.41, 5.74) is -0.938. The fraction of sp³-hybridized carbons (Fsp3) is 0.636. The van der Waals surface area contributed by atoms with Gasteiger partial charge < -0.3 is 64.8 Å². The molecule has 1 spiro atoms. The average Bonchev–Trinajstić information content (AvgIpc) is 1.50. The minimum absolute atomic E-state index is 0.000860. The molecular weight excluding hydrogens is 1390 g/mol. The fourth-order valence-corrected chi connectivity index (χ4v) is 15.1. The molecule has 2 aliphatic carbocycles. The molecule has 0 aromatic heterocycles. The topological polar surface area (TPSA) is 279 Å². The van der Waals surface area contributed by atoms with Gasteiger partial charge in [-0.3, -0.25) is 57.5 Å². The third-order valence-corrected chi connectivity index (χ3v) is 21.7. The van der Waals surface area contributed by atoms with Crippen molar-refractivity contribution in [3.8, 4) is 0 Å². The van der Waals surface area contributed by atoms with Crippen molar-refractivity contribution >= 4 is 82.5 Å². The van der Waals surface area contributed by atoms with E-state index in [0.717, 1.165) is 45.2 Å². The molecule has 4 aliphatic rings. The van der Waals surface area contributed by atoms with Gasteiger partial charge in [0.2, 0.25) is 70.9 Å². The minimum Gasteiger partial charge on any atom is -0.375 e. The quantitative estimate of drug-likeness (QED) is 0.111. The van der Waals surface area contributed by atoms with E-state index in [1.165, 1.54) is 104 Å². The van der Waals surface area contributed by atoms with Gasteiger partial charge in [0.25, 0.3) is 0 Å². The van der Waals surface area contributed by atoms with Gasteiger partial charge in [0.05, 0.1) is 43.3 Å². The van der Waals surface area contributed by atoms with Crippen molar-refractivity contribution in [2.45, 2.75) is 204 Å². The Morgan fingerprint density at radius 1 is 0.717 bits per heavy atom. The molecular formula is C77H112ClF3N12O13. The molecule has 2 heterocycles. The molecule has 2 aliphatic heterocycles. The zero-order chi connectivity index (χ0) is 78.8. The summed E-state index contributed by atoms with van der Waals surface area (Å²) in [6.07, 6.45) is 1.81. The Hall–Kier alpha value is -8.40. The molecule has 4 fully saturated rings. The van der Waals surface area contributed by atoms with E-state index in [2.05, 4.69) is 29.1 Å². The number of ether oxygens (including phenoxy) is 1. The number of hydrogen-bond acceptors (Lipinski definition) is 13. The molecule has 29 heteroatoms. The van der Waals surface area contributed by atoms with E-state index in [-0.39, 0.29) is 82.5 Å². The number of nitrogens with one attached hydrogen (secondary N) is 3. The lowest BCUT2D eigenvalue weighted by atomic mass is 9.90. The smallest absolute Gasteiger partial charge is 0.375 e. The van der Waals surface area contributed by atoms with Gasteiger partial charge in [-0.25, -0.2) is 0 Å². The van der Waals surface area contributed by atoms with Crippen LogP contribution in [-0.4, -0.2) is 265 Å². The molecule has 2 aromatic carbocycles. The van der Waals surface area contributed by atoms with E-state index < -0.39 is 179 Å². The molecule has 6 rings (SSSR count). The molecule has 586 valence electrons. The number of carbonyl (C=O) groups is 12. The molecule has 9 atom stereocenters. The van der Waals surface area contributed by atoms with Crippen LogP contribution < -0.4 is 16.0 Å². The molecule has 2 saturated heterocycles. The Bertz CT molecular complexity index is 3490. The predicted molar refractivity (Wildman–Crippen MR) is 395 cm³/mol. The van der Waals surface area contributed by atoms with Gasteiger partial charge in [0, 0.05) is 75.9 Å². The van der Waals surface area contributed by atoms with E-state index in [1.54, 1.807) is 19.1 Å².